The van der Waals surface area contributed by atoms with Crippen molar-refractivity contribution in [2.45, 2.75) is 30.5 Å². The molecule has 2 aromatic heterocycles. The fourth-order valence-corrected chi connectivity index (χ4v) is 3.72. The summed E-state index contributed by atoms with van der Waals surface area (Å²) in [6, 6.07) is 1.24. The van der Waals surface area contributed by atoms with Gasteiger partial charge in [-0.15, -0.1) is 0 Å². The molecule has 0 spiro atoms. The van der Waals surface area contributed by atoms with Crippen molar-refractivity contribution in [2.75, 3.05) is 5.32 Å². The second kappa shape index (κ2) is 7.33. The number of pyridine rings is 1. The lowest BCUT2D eigenvalue weighted by molar-refractivity contribution is -0.180. The van der Waals surface area contributed by atoms with E-state index in [4.69, 9.17) is 0 Å². The molecule has 1 amide bonds. The first-order valence-corrected chi connectivity index (χ1v) is 9.13. The number of anilines is 1. The molecule has 160 valence electrons. The van der Waals surface area contributed by atoms with Gasteiger partial charge in [0, 0.05) is 25.4 Å². The zero-order valence-corrected chi connectivity index (χ0v) is 15.8. The number of sulfonamides is 1. The monoisotopic (exact) mass is 444 g/mol. The molecule has 0 aromatic carbocycles. The maximum absolute atomic E-state index is 14.6. The number of rotatable bonds is 5. The number of nitrogens with zero attached hydrogens (tertiary/aromatic N) is 2. The van der Waals surface area contributed by atoms with Crippen molar-refractivity contribution >= 4 is 21.6 Å². The van der Waals surface area contributed by atoms with Crippen LogP contribution in [0.15, 0.2) is 23.2 Å². The van der Waals surface area contributed by atoms with Gasteiger partial charge in [-0.25, -0.2) is 12.8 Å². The first-order valence-electron chi connectivity index (χ1n) is 7.65. The molecule has 0 aliphatic rings. The smallest absolute Gasteiger partial charge is 0.343 e. The van der Waals surface area contributed by atoms with Crippen LogP contribution in [-0.2, 0) is 17.1 Å². The quantitative estimate of drug-likeness (QED) is 0.548. The Morgan fingerprint density at radius 3 is 2.10 bits per heavy atom. The van der Waals surface area contributed by atoms with E-state index in [1.807, 2.05) is 5.32 Å². The summed E-state index contributed by atoms with van der Waals surface area (Å²) in [7, 11) is -3.97. The molecule has 0 atom stereocenters. The average Bonchev–Trinajstić information content (AvgIpc) is 2.79. The van der Waals surface area contributed by atoms with Crippen LogP contribution >= 0.6 is 0 Å². The molecule has 14 heteroatoms. The van der Waals surface area contributed by atoms with Crippen LogP contribution in [0.4, 0.5) is 32.0 Å². The number of hydrogen-bond donors (Lipinski definition) is 2. The van der Waals surface area contributed by atoms with Gasteiger partial charge in [0.15, 0.2) is 5.82 Å². The predicted molar refractivity (Wildman–Crippen MR) is 87.9 cm³/mol. The van der Waals surface area contributed by atoms with Gasteiger partial charge in [-0.05, 0) is 13.8 Å². The fraction of sp³-hybridized carbons (Fsp3) is 0.333. The summed E-state index contributed by atoms with van der Waals surface area (Å²) in [6.07, 6.45) is -4.40. The lowest BCUT2D eigenvalue weighted by Gasteiger charge is -2.28. The molecule has 0 bridgehead atoms. The number of alkyl halides is 3. The van der Waals surface area contributed by atoms with Gasteiger partial charge in [0.25, 0.3) is 5.91 Å². The zero-order valence-electron chi connectivity index (χ0n) is 15.0. The van der Waals surface area contributed by atoms with Gasteiger partial charge in [-0.3, -0.25) is 4.79 Å². The molecule has 29 heavy (non-hydrogen) atoms. The van der Waals surface area contributed by atoms with Crippen LogP contribution in [0.2, 0.25) is 0 Å². The lowest BCUT2D eigenvalue weighted by atomic mass is 10.1. The van der Waals surface area contributed by atoms with E-state index in [1.165, 1.54) is 4.72 Å². The summed E-state index contributed by atoms with van der Waals surface area (Å²) >= 11 is 0. The normalized spacial score (nSPS) is 12.9. The van der Waals surface area contributed by atoms with Gasteiger partial charge in [0.2, 0.25) is 21.9 Å². The van der Waals surface area contributed by atoms with E-state index in [9.17, 15) is 39.6 Å². The summed E-state index contributed by atoms with van der Waals surface area (Å²) < 4.78 is 106. The largest absolute Gasteiger partial charge is 0.407 e. The number of halogens is 6. The van der Waals surface area contributed by atoms with Crippen LogP contribution in [-0.4, -0.2) is 35.6 Å². The Balaban J connectivity index is 2.40. The molecule has 0 unspecified atom stereocenters. The molecule has 2 rings (SSSR count). The average molecular weight is 444 g/mol. The predicted octanol–water partition coefficient (Wildman–Crippen LogP) is 2.71. The number of hydrogen-bond acceptors (Lipinski definition) is 4. The van der Waals surface area contributed by atoms with E-state index in [0.29, 0.717) is 36.7 Å². The maximum atomic E-state index is 14.6. The van der Waals surface area contributed by atoms with E-state index < -0.39 is 61.6 Å². The number of aromatic nitrogens is 2. The minimum atomic E-state index is -5.03. The number of nitrogens with one attached hydrogen (secondary N) is 2. The van der Waals surface area contributed by atoms with Gasteiger partial charge in [-0.2, -0.15) is 31.7 Å². The molecule has 7 nitrogen and oxygen atoms in total. The van der Waals surface area contributed by atoms with Crippen LogP contribution in [0.25, 0.3) is 0 Å². The highest BCUT2D eigenvalue weighted by atomic mass is 32.2. The Morgan fingerprint density at radius 2 is 1.62 bits per heavy atom. The Hall–Kier alpha value is -2.61. The highest BCUT2D eigenvalue weighted by Gasteiger charge is 2.50. The van der Waals surface area contributed by atoms with Crippen LogP contribution in [0.3, 0.4) is 0 Å². The molecular weight excluding hydrogens is 430 g/mol. The molecular formula is C15H14F6N4O3S. The van der Waals surface area contributed by atoms with Crippen molar-refractivity contribution in [1.82, 2.24) is 14.3 Å². The topological polar surface area (TPSA) is 93.1 Å². The van der Waals surface area contributed by atoms with Crippen molar-refractivity contribution in [3.05, 3.63) is 41.7 Å². The molecule has 2 heterocycles. The van der Waals surface area contributed by atoms with Crippen molar-refractivity contribution < 1.29 is 39.6 Å². The molecule has 0 radical (unpaired) electrons. The Kier molecular flexibility index (Phi) is 5.73. The van der Waals surface area contributed by atoms with Gasteiger partial charge < -0.3 is 9.88 Å². The van der Waals surface area contributed by atoms with Crippen LogP contribution < -0.4 is 10.0 Å². The van der Waals surface area contributed by atoms with Crippen molar-refractivity contribution in [3.8, 4) is 0 Å². The minimum absolute atomic E-state index is 0.443. The summed E-state index contributed by atoms with van der Waals surface area (Å²) in [5.74, 6) is -5.51. The number of carbonyl (C=O) groups is 1. The van der Waals surface area contributed by atoms with E-state index in [-0.39, 0.29) is 0 Å². The molecule has 2 N–H and O–H groups in total. The number of carbonyl (C=O) groups excluding carboxylic acids is 1. The lowest BCUT2D eigenvalue weighted by Crippen LogP contribution is -2.54. The zero-order chi connectivity index (χ0) is 22.4. The van der Waals surface area contributed by atoms with Gasteiger partial charge in [0.05, 0.1) is 5.69 Å². The van der Waals surface area contributed by atoms with Crippen LogP contribution in [0.5, 0.6) is 0 Å². The third-order valence-electron chi connectivity index (χ3n) is 3.71. The molecule has 0 saturated heterocycles. The highest BCUT2D eigenvalue weighted by Crippen LogP contribution is 2.32. The van der Waals surface area contributed by atoms with E-state index in [2.05, 4.69) is 4.98 Å². The standard InChI is InChI=1S/C15H14F6N4O3S/c1-14(2,15(19,20)21)24-29(27,28)8-6-25(3)12(11(8)18)13(26)22-7-4-9(16)23-10(17)5-7/h4-6,24H,1-3H3,(H,22,23,26). The Labute approximate surface area is 160 Å². The molecule has 0 saturated carbocycles. The SMILES string of the molecule is Cn1cc(S(=O)(=O)NC(C)(C)C(F)(F)F)c(F)c1C(=O)Nc1cc(F)nc(F)c1. The summed E-state index contributed by atoms with van der Waals surface area (Å²) in [4.78, 5) is 13.8. The summed E-state index contributed by atoms with van der Waals surface area (Å²) in [6.45, 7) is 1.07. The molecule has 0 aliphatic carbocycles. The van der Waals surface area contributed by atoms with Gasteiger partial charge in [0.1, 0.15) is 16.1 Å². The van der Waals surface area contributed by atoms with E-state index in [1.54, 1.807) is 0 Å². The highest BCUT2D eigenvalue weighted by molar-refractivity contribution is 7.89. The third kappa shape index (κ3) is 4.70. The summed E-state index contributed by atoms with van der Waals surface area (Å²) in [5, 5.41) is 1.94. The fourth-order valence-electron chi connectivity index (χ4n) is 2.19. The Bertz CT molecular complexity index is 1040. The maximum Gasteiger partial charge on any atom is 0.407 e. The van der Waals surface area contributed by atoms with Crippen molar-refractivity contribution in [2.24, 2.45) is 7.05 Å². The van der Waals surface area contributed by atoms with Gasteiger partial charge >= 0.3 is 6.18 Å². The first-order chi connectivity index (χ1) is 13.0. The number of amides is 1. The number of aryl methyl sites for hydroxylation is 1. The van der Waals surface area contributed by atoms with Crippen LogP contribution in [0, 0.1) is 17.7 Å². The molecule has 0 fully saturated rings. The Morgan fingerprint density at radius 1 is 1.10 bits per heavy atom. The molecule has 2 aromatic rings. The second-order valence-electron chi connectivity index (χ2n) is 6.45. The van der Waals surface area contributed by atoms with Crippen molar-refractivity contribution in [3.63, 3.8) is 0 Å². The molecule has 0 aliphatic heterocycles. The third-order valence-corrected chi connectivity index (χ3v) is 5.35. The van der Waals surface area contributed by atoms with E-state index >= 15 is 0 Å². The van der Waals surface area contributed by atoms with Crippen LogP contribution in [0.1, 0.15) is 24.3 Å². The van der Waals surface area contributed by atoms with Gasteiger partial charge in [-0.1, -0.05) is 0 Å². The summed E-state index contributed by atoms with van der Waals surface area (Å²) in [5.41, 5.74) is -4.27. The van der Waals surface area contributed by atoms with Crippen molar-refractivity contribution in [1.29, 1.82) is 0 Å². The first kappa shape index (κ1) is 22.7. The van der Waals surface area contributed by atoms with E-state index in [0.717, 1.165) is 7.05 Å². The second-order valence-corrected chi connectivity index (χ2v) is 8.10. The minimum Gasteiger partial charge on any atom is -0.343 e.